The number of anilines is 1. The molecule has 0 atom stereocenters. The molecule has 1 aromatic heterocycles. The van der Waals surface area contributed by atoms with E-state index in [1.165, 1.54) is 0 Å². The molecule has 1 aromatic rings. The minimum absolute atomic E-state index is 0.433. The van der Waals surface area contributed by atoms with Crippen LogP contribution in [0, 0.1) is 12.8 Å². The van der Waals surface area contributed by atoms with Gasteiger partial charge in [0.05, 0.1) is 0 Å². The molecule has 0 saturated heterocycles. The van der Waals surface area contributed by atoms with Gasteiger partial charge < -0.3 is 11.1 Å². The maximum Gasteiger partial charge on any atom is 0.205 e. The van der Waals surface area contributed by atoms with Crippen LogP contribution in [0.15, 0.2) is 0 Å². The Labute approximate surface area is 81.6 Å². The fourth-order valence-electron chi connectivity index (χ4n) is 1.55. The SMILES string of the molecule is Cc1nnc(NCC2CC(N)C2)s1. The summed E-state index contributed by atoms with van der Waals surface area (Å²) in [5.41, 5.74) is 5.69. The summed E-state index contributed by atoms with van der Waals surface area (Å²) in [6.45, 7) is 2.95. The Morgan fingerprint density at radius 2 is 2.31 bits per heavy atom. The standard InChI is InChI=1S/C8H14N4S/c1-5-11-12-8(13-5)10-4-6-2-7(9)3-6/h6-7H,2-4,9H2,1H3,(H,10,12). The summed E-state index contributed by atoms with van der Waals surface area (Å²) in [4.78, 5) is 0. The summed E-state index contributed by atoms with van der Waals surface area (Å²) in [6.07, 6.45) is 2.29. The van der Waals surface area contributed by atoms with Crippen LogP contribution in [0.3, 0.4) is 0 Å². The lowest BCUT2D eigenvalue weighted by Crippen LogP contribution is -2.39. The van der Waals surface area contributed by atoms with Crippen molar-refractivity contribution in [3.63, 3.8) is 0 Å². The second kappa shape index (κ2) is 3.59. The first-order chi connectivity index (χ1) is 6.24. The summed E-state index contributed by atoms with van der Waals surface area (Å²) < 4.78 is 0. The number of nitrogens with one attached hydrogen (secondary N) is 1. The molecule has 0 aromatic carbocycles. The lowest BCUT2D eigenvalue weighted by molar-refractivity contribution is 0.280. The number of rotatable bonds is 3. The summed E-state index contributed by atoms with van der Waals surface area (Å²) in [5, 5.41) is 13.1. The van der Waals surface area contributed by atoms with Gasteiger partial charge in [-0.2, -0.15) is 0 Å². The van der Waals surface area contributed by atoms with E-state index in [0.29, 0.717) is 6.04 Å². The molecule has 0 bridgehead atoms. The molecule has 2 rings (SSSR count). The molecule has 5 heteroatoms. The van der Waals surface area contributed by atoms with Gasteiger partial charge in [0.15, 0.2) is 0 Å². The van der Waals surface area contributed by atoms with Gasteiger partial charge in [0.25, 0.3) is 0 Å². The normalized spacial score (nSPS) is 26.9. The molecular formula is C8H14N4S. The average Bonchev–Trinajstić information content (AvgIpc) is 2.43. The van der Waals surface area contributed by atoms with E-state index in [-0.39, 0.29) is 0 Å². The Bertz CT molecular complexity index is 279. The molecule has 72 valence electrons. The zero-order valence-electron chi connectivity index (χ0n) is 7.66. The van der Waals surface area contributed by atoms with Crippen molar-refractivity contribution in [1.82, 2.24) is 10.2 Å². The minimum atomic E-state index is 0.433. The highest BCUT2D eigenvalue weighted by Gasteiger charge is 2.25. The van der Waals surface area contributed by atoms with E-state index in [2.05, 4.69) is 15.5 Å². The molecule has 0 aliphatic heterocycles. The Morgan fingerprint density at radius 3 is 2.85 bits per heavy atom. The molecule has 13 heavy (non-hydrogen) atoms. The van der Waals surface area contributed by atoms with Gasteiger partial charge in [-0.1, -0.05) is 11.3 Å². The monoisotopic (exact) mass is 198 g/mol. The molecule has 1 heterocycles. The van der Waals surface area contributed by atoms with Crippen LogP contribution in [0.25, 0.3) is 0 Å². The molecular weight excluding hydrogens is 184 g/mol. The van der Waals surface area contributed by atoms with E-state index in [4.69, 9.17) is 5.73 Å². The van der Waals surface area contributed by atoms with E-state index in [9.17, 15) is 0 Å². The number of hydrogen-bond acceptors (Lipinski definition) is 5. The summed E-state index contributed by atoms with van der Waals surface area (Å²) in [7, 11) is 0. The number of nitrogens with two attached hydrogens (primary N) is 1. The van der Waals surface area contributed by atoms with Crippen molar-refractivity contribution in [2.24, 2.45) is 11.7 Å². The topological polar surface area (TPSA) is 63.8 Å². The number of aryl methyl sites for hydroxylation is 1. The van der Waals surface area contributed by atoms with Crippen LogP contribution in [0.5, 0.6) is 0 Å². The smallest absolute Gasteiger partial charge is 0.205 e. The second-order valence-corrected chi connectivity index (χ2v) is 4.79. The van der Waals surface area contributed by atoms with Crippen molar-refractivity contribution >= 4 is 16.5 Å². The predicted molar refractivity (Wildman–Crippen MR) is 53.8 cm³/mol. The Balaban J connectivity index is 1.74. The first-order valence-electron chi connectivity index (χ1n) is 4.53. The number of hydrogen-bond donors (Lipinski definition) is 2. The van der Waals surface area contributed by atoms with Gasteiger partial charge in [0.2, 0.25) is 5.13 Å². The molecule has 1 saturated carbocycles. The van der Waals surface area contributed by atoms with Crippen molar-refractivity contribution in [1.29, 1.82) is 0 Å². The highest BCUT2D eigenvalue weighted by molar-refractivity contribution is 7.15. The van der Waals surface area contributed by atoms with E-state index >= 15 is 0 Å². The van der Waals surface area contributed by atoms with E-state index in [1.807, 2.05) is 6.92 Å². The minimum Gasteiger partial charge on any atom is -0.360 e. The Hall–Kier alpha value is -0.680. The number of aromatic nitrogens is 2. The molecule has 1 aliphatic carbocycles. The zero-order chi connectivity index (χ0) is 9.26. The first kappa shape index (κ1) is 8.90. The molecule has 1 fully saturated rings. The molecule has 3 N–H and O–H groups in total. The molecule has 0 radical (unpaired) electrons. The third-order valence-electron chi connectivity index (χ3n) is 2.34. The van der Waals surface area contributed by atoms with Crippen LogP contribution in [0.2, 0.25) is 0 Å². The van der Waals surface area contributed by atoms with Crippen molar-refractivity contribution in [3.8, 4) is 0 Å². The number of nitrogens with zero attached hydrogens (tertiary/aromatic N) is 2. The van der Waals surface area contributed by atoms with E-state index in [0.717, 1.165) is 35.4 Å². The highest BCUT2D eigenvalue weighted by Crippen LogP contribution is 2.26. The van der Waals surface area contributed by atoms with Gasteiger partial charge in [0, 0.05) is 12.6 Å². The Morgan fingerprint density at radius 1 is 1.54 bits per heavy atom. The third kappa shape index (κ3) is 2.16. The largest absolute Gasteiger partial charge is 0.360 e. The van der Waals surface area contributed by atoms with Gasteiger partial charge in [-0.05, 0) is 25.7 Å². The molecule has 0 spiro atoms. The summed E-state index contributed by atoms with van der Waals surface area (Å²) in [6, 6.07) is 0.433. The molecule has 1 aliphatic rings. The average molecular weight is 198 g/mol. The van der Waals surface area contributed by atoms with Gasteiger partial charge in [0.1, 0.15) is 5.01 Å². The van der Waals surface area contributed by atoms with Crippen LogP contribution >= 0.6 is 11.3 Å². The quantitative estimate of drug-likeness (QED) is 0.760. The van der Waals surface area contributed by atoms with Gasteiger partial charge in [-0.25, -0.2) is 0 Å². The summed E-state index contributed by atoms with van der Waals surface area (Å²) >= 11 is 1.60. The van der Waals surface area contributed by atoms with Crippen LogP contribution in [-0.2, 0) is 0 Å². The van der Waals surface area contributed by atoms with Crippen LogP contribution in [-0.4, -0.2) is 22.8 Å². The van der Waals surface area contributed by atoms with Crippen LogP contribution < -0.4 is 11.1 Å². The van der Waals surface area contributed by atoms with Gasteiger partial charge in [-0.15, -0.1) is 10.2 Å². The summed E-state index contributed by atoms with van der Waals surface area (Å²) in [5.74, 6) is 0.735. The maximum atomic E-state index is 5.69. The van der Waals surface area contributed by atoms with E-state index in [1.54, 1.807) is 11.3 Å². The third-order valence-corrected chi connectivity index (χ3v) is 3.14. The highest BCUT2D eigenvalue weighted by atomic mass is 32.1. The maximum absolute atomic E-state index is 5.69. The lowest BCUT2D eigenvalue weighted by atomic mass is 9.81. The van der Waals surface area contributed by atoms with Crippen molar-refractivity contribution in [2.75, 3.05) is 11.9 Å². The Kier molecular flexibility index (Phi) is 2.46. The van der Waals surface area contributed by atoms with Crippen LogP contribution in [0.1, 0.15) is 17.8 Å². The molecule has 0 amide bonds. The van der Waals surface area contributed by atoms with Crippen molar-refractivity contribution in [2.45, 2.75) is 25.8 Å². The fourth-order valence-corrected chi connectivity index (χ4v) is 2.15. The first-order valence-corrected chi connectivity index (χ1v) is 5.35. The predicted octanol–water partition coefficient (Wildman–Crippen LogP) is 0.996. The van der Waals surface area contributed by atoms with Gasteiger partial charge >= 0.3 is 0 Å². The lowest BCUT2D eigenvalue weighted by Gasteiger charge is -2.32. The molecule has 4 nitrogen and oxygen atoms in total. The fraction of sp³-hybridized carbons (Fsp3) is 0.750. The van der Waals surface area contributed by atoms with Gasteiger partial charge in [-0.3, -0.25) is 0 Å². The van der Waals surface area contributed by atoms with Crippen molar-refractivity contribution in [3.05, 3.63) is 5.01 Å². The zero-order valence-corrected chi connectivity index (χ0v) is 8.47. The molecule has 0 unspecified atom stereocenters. The van der Waals surface area contributed by atoms with Crippen LogP contribution in [0.4, 0.5) is 5.13 Å². The second-order valence-electron chi connectivity index (χ2n) is 3.60. The van der Waals surface area contributed by atoms with E-state index < -0.39 is 0 Å². The van der Waals surface area contributed by atoms with Crippen molar-refractivity contribution < 1.29 is 0 Å².